The molecule has 0 aliphatic carbocycles. The monoisotopic (exact) mass is 244 g/mol. The van der Waals surface area contributed by atoms with Crippen LogP contribution in [0.3, 0.4) is 0 Å². The van der Waals surface area contributed by atoms with Gasteiger partial charge in [-0.2, -0.15) is 0 Å². The second-order valence-electron chi connectivity index (χ2n) is 5.36. The first-order valence-corrected chi connectivity index (χ1v) is 6.43. The molecule has 0 aromatic heterocycles. The summed E-state index contributed by atoms with van der Waals surface area (Å²) in [5, 5.41) is 9.20. The summed E-state index contributed by atoms with van der Waals surface area (Å²) in [6, 6.07) is 0.459. The highest BCUT2D eigenvalue weighted by Crippen LogP contribution is 2.06. The van der Waals surface area contributed by atoms with Crippen LogP contribution in [0.4, 0.5) is 0 Å². The quantitative estimate of drug-likeness (QED) is 0.735. The molecule has 0 aliphatic heterocycles. The van der Waals surface area contributed by atoms with Crippen LogP contribution in [0.25, 0.3) is 0 Å². The largest absolute Gasteiger partial charge is 0.393 e. The summed E-state index contributed by atoms with van der Waals surface area (Å²) >= 11 is 0. The number of rotatable bonds is 7. The van der Waals surface area contributed by atoms with Crippen LogP contribution in [0.5, 0.6) is 0 Å². The highest BCUT2D eigenvalue weighted by atomic mass is 16.3. The second kappa shape index (κ2) is 7.67. The Morgan fingerprint density at radius 3 is 1.94 bits per heavy atom. The summed E-state index contributed by atoms with van der Waals surface area (Å²) in [6.07, 6.45) is 0.395. The number of hydrogen-bond donors (Lipinski definition) is 1. The maximum absolute atomic E-state index is 12.1. The van der Waals surface area contributed by atoms with Gasteiger partial charge in [0.25, 0.3) is 0 Å². The first-order valence-electron chi connectivity index (χ1n) is 6.43. The van der Waals surface area contributed by atoms with Crippen LogP contribution in [-0.4, -0.2) is 59.1 Å². The topological polar surface area (TPSA) is 43.8 Å². The molecule has 0 spiro atoms. The lowest BCUT2D eigenvalue weighted by Crippen LogP contribution is -2.46. The lowest BCUT2D eigenvalue weighted by atomic mass is 10.2. The number of aliphatic hydroxyl groups is 1. The predicted octanol–water partition coefficient (Wildman–Crippen LogP) is 1.33. The Morgan fingerprint density at radius 2 is 1.59 bits per heavy atom. The van der Waals surface area contributed by atoms with E-state index in [2.05, 4.69) is 0 Å². The number of carbonyl (C=O) groups excluding carboxylic acids is 1. The third kappa shape index (κ3) is 6.64. The molecule has 0 saturated heterocycles. The lowest BCUT2D eigenvalue weighted by molar-refractivity contribution is -0.135. The van der Waals surface area contributed by atoms with Gasteiger partial charge in [0.15, 0.2) is 0 Å². The Balaban J connectivity index is 4.21. The molecule has 4 nitrogen and oxygen atoms in total. The Labute approximate surface area is 106 Å². The maximum Gasteiger partial charge on any atom is 0.237 e. The highest BCUT2D eigenvalue weighted by molar-refractivity contribution is 5.78. The summed E-state index contributed by atoms with van der Waals surface area (Å²) in [5.74, 6) is 0.156. The van der Waals surface area contributed by atoms with E-state index in [0.29, 0.717) is 13.0 Å². The molecule has 0 bridgehead atoms. The molecule has 0 radical (unpaired) electrons. The van der Waals surface area contributed by atoms with Gasteiger partial charge in [-0.25, -0.2) is 0 Å². The average Bonchev–Trinajstić information content (AvgIpc) is 2.12. The predicted molar refractivity (Wildman–Crippen MR) is 70.9 cm³/mol. The van der Waals surface area contributed by atoms with Gasteiger partial charge < -0.3 is 10.0 Å². The van der Waals surface area contributed by atoms with E-state index >= 15 is 0 Å². The van der Waals surface area contributed by atoms with Crippen LogP contribution in [0.15, 0.2) is 0 Å². The first-order chi connectivity index (χ1) is 7.75. The van der Waals surface area contributed by atoms with Crippen molar-refractivity contribution in [3.05, 3.63) is 0 Å². The summed E-state index contributed by atoms with van der Waals surface area (Å²) in [7, 11) is 1.92. The zero-order valence-electron chi connectivity index (χ0n) is 12.1. The van der Waals surface area contributed by atoms with Crippen molar-refractivity contribution >= 4 is 5.91 Å². The molecule has 0 heterocycles. The van der Waals surface area contributed by atoms with Gasteiger partial charge in [-0.3, -0.25) is 9.69 Å². The van der Waals surface area contributed by atoms with Crippen LogP contribution in [-0.2, 0) is 4.79 Å². The van der Waals surface area contributed by atoms with Crippen LogP contribution in [0, 0.1) is 0 Å². The van der Waals surface area contributed by atoms with Crippen molar-refractivity contribution < 1.29 is 9.90 Å². The smallest absolute Gasteiger partial charge is 0.237 e. The van der Waals surface area contributed by atoms with Gasteiger partial charge in [0.2, 0.25) is 5.91 Å². The number of carbonyl (C=O) groups is 1. The molecule has 0 aliphatic rings. The number of amides is 1. The minimum atomic E-state index is -0.307. The standard InChI is InChI=1S/C13H28N2O2/c1-10(2)15(11(3)4)13(17)9-14(6)8-7-12(5)16/h10-12,16H,7-9H2,1-6H3. The summed E-state index contributed by atoms with van der Waals surface area (Å²) in [5.41, 5.74) is 0. The van der Waals surface area contributed by atoms with Gasteiger partial charge in [0.05, 0.1) is 12.6 Å². The van der Waals surface area contributed by atoms with Gasteiger partial charge in [-0.05, 0) is 48.1 Å². The van der Waals surface area contributed by atoms with Crippen LogP contribution in [0.1, 0.15) is 41.0 Å². The molecule has 1 N–H and O–H groups in total. The fourth-order valence-electron chi connectivity index (χ4n) is 1.97. The van der Waals surface area contributed by atoms with Gasteiger partial charge >= 0.3 is 0 Å². The van der Waals surface area contributed by atoms with E-state index < -0.39 is 0 Å². The molecule has 1 amide bonds. The van der Waals surface area contributed by atoms with Gasteiger partial charge in [-0.15, -0.1) is 0 Å². The van der Waals surface area contributed by atoms with Crippen LogP contribution < -0.4 is 0 Å². The fraction of sp³-hybridized carbons (Fsp3) is 0.923. The zero-order valence-corrected chi connectivity index (χ0v) is 12.1. The highest BCUT2D eigenvalue weighted by Gasteiger charge is 2.20. The van der Waals surface area contributed by atoms with Crippen molar-refractivity contribution in [3.63, 3.8) is 0 Å². The van der Waals surface area contributed by atoms with Crippen molar-refractivity contribution in [1.82, 2.24) is 9.80 Å². The normalized spacial score (nSPS) is 13.5. The number of nitrogens with zero attached hydrogens (tertiary/aromatic N) is 2. The molecule has 0 aromatic rings. The second-order valence-corrected chi connectivity index (χ2v) is 5.36. The van der Waals surface area contributed by atoms with Crippen molar-refractivity contribution in [2.75, 3.05) is 20.1 Å². The molecule has 4 heteroatoms. The van der Waals surface area contributed by atoms with E-state index in [1.807, 2.05) is 44.5 Å². The van der Waals surface area contributed by atoms with E-state index in [1.165, 1.54) is 0 Å². The molecule has 0 rings (SSSR count). The van der Waals surface area contributed by atoms with Crippen molar-refractivity contribution in [1.29, 1.82) is 0 Å². The van der Waals surface area contributed by atoms with E-state index in [-0.39, 0.29) is 24.1 Å². The van der Waals surface area contributed by atoms with Gasteiger partial charge in [0, 0.05) is 18.6 Å². The Hall–Kier alpha value is -0.610. The Bertz CT molecular complexity index is 219. The molecular formula is C13H28N2O2. The van der Waals surface area contributed by atoms with E-state index in [0.717, 1.165) is 6.54 Å². The molecular weight excluding hydrogens is 216 g/mol. The van der Waals surface area contributed by atoms with Crippen molar-refractivity contribution in [3.8, 4) is 0 Å². The molecule has 102 valence electrons. The Morgan fingerprint density at radius 1 is 1.12 bits per heavy atom. The van der Waals surface area contributed by atoms with Gasteiger partial charge in [0.1, 0.15) is 0 Å². The number of likely N-dealkylation sites (N-methyl/N-ethyl adjacent to an activating group) is 1. The van der Waals surface area contributed by atoms with E-state index in [4.69, 9.17) is 0 Å². The maximum atomic E-state index is 12.1. The molecule has 0 saturated carbocycles. The minimum absolute atomic E-state index is 0.156. The third-order valence-electron chi connectivity index (χ3n) is 2.73. The molecule has 0 fully saturated rings. The fourth-order valence-corrected chi connectivity index (χ4v) is 1.97. The van der Waals surface area contributed by atoms with E-state index in [9.17, 15) is 9.90 Å². The van der Waals surface area contributed by atoms with Gasteiger partial charge in [-0.1, -0.05) is 0 Å². The molecule has 1 unspecified atom stereocenters. The number of hydrogen-bond acceptors (Lipinski definition) is 3. The van der Waals surface area contributed by atoms with Crippen LogP contribution >= 0.6 is 0 Å². The third-order valence-corrected chi connectivity index (χ3v) is 2.73. The molecule has 17 heavy (non-hydrogen) atoms. The lowest BCUT2D eigenvalue weighted by Gasteiger charge is -2.32. The molecule has 1 atom stereocenters. The molecule has 0 aromatic carbocycles. The Kier molecular flexibility index (Phi) is 7.39. The first kappa shape index (κ1) is 16.4. The van der Waals surface area contributed by atoms with Crippen molar-refractivity contribution in [2.45, 2.75) is 59.2 Å². The van der Waals surface area contributed by atoms with Crippen molar-refractivity contribution in [2.24, 2.45) is 0 Å². The zero-order chi connectivity index (χ0) is 13.6. The SMILES string of the molecule is CC(O)CCN(C)CC(=O)N(C(C)C)C(C)C. The summed E-state index contributed by atoms with van der Waals surface area (Å²) in [6.45, 7) is 11.1. The summed E-state index contributed by atoms with van der Waals surface area (Å²) in [4.78, 5) is 16.0. The van der Waals surface area contributed by atoms with Crippen LogP contribution in [0.2, 0.25) is 0 Å². The average molecular weight is 244 g/mol. The minimum Gasteiger partial charge on any atom is -0.393 e. The number of aliphatic hydroxyl groups excluding tert-OH is 1. The van der Waals surface area contributed by atoms with E-state index in [1.54, 1.807) is 6.92 Å². The summed E-state index contributed by atoms with van der Waals surface area (Å²) < 4.78 is 0.